The monoisotopic (exact) mass is 221 g/mol. The van der Waals surface area contributed by atoms with Crippen molar-refractivity contribution in [2.24, 2.45) is 0 Å². The average molecular weight is 221 g/mol. The Labute approximate surface area is 92.8 Å². The van der Waals surface area contributed by atoms with Gasteiger partial charge in [0.1, 0.15) is 11.7 Å². The molecule has 0 N–H and O–H groups in total. The van der Waals surface area contributed by atoms with Crippen LogP contribution in [0.4, 0.5) is 0 Å². The van der Waals surface area contributed by atoms with E-state index in [0.29, 0.717) is 0 Å². The molecular formula is C10H13N4S+. The first-order valence-electron chi connectivity index (χ1n) is 5.02. The molecule has 0 saturated heterocycles. The van der Waals surface area contributed by atoms with E-state index in [1.54, 1.807) is 5.51 Å². The van der Waals surface area contributed by atoms with Crippen LogP contribution in [0.15, 0.2) is 24.0 Å². The second kappa shape index (κ2) is 4.93. The van der Waals surface area contributed by atoms with Gasteiger partial charge in [0.25, 0.3) is 0 Å². The standard InChI is InChI=1S/C10H13N4S/c1-2-3-5-14-6-4-9(7-12-14)10-11-8-15-13-10/h4,6-8H,2-3,5H2,1H3/q+1. The first-order valence-corrected chi connectivity index (χ1v) is 5.86. The van der Waals surface area contributed by atoms with Crippen LogP contribution in [-0.4, -0.2) is 14.5 Å². The molecule has 0 aliphatic carbocycles. The third-order valence-electron chi connectivity index (χ3n) is 2.13. The topological polar surface area (TPSA) is 42.5 Å². The fraction of sp³-hybridized carbons (Fsp3) is 0.400. The Hall–Kier alpha value is -1.36. The highest BCUT2D eigenvalue weighted by atomic mass is 32.1. The molecule has 5 heteroatoms. The molecule has 0 unspecified atom stereocenters. The maximum Gasteiger partial charge on any atom is 0.197 e. The summed E-state index contributed by atoms with van der Waals surface area (Å²) >= 11 is 1.36. The number of aromatic nitrogens is 4. The molecule has 0 bridgehead atoms. The summed E-state index contributed by atoms with van der Waals surface area (Å²) in [5.74, 6) is 0.759. The van der Waals surface area contributed by atoms with E-state index in [1.165, 1.54) is 18.0 Å². The van der Waals surface area contributed by atoms with Gasteiger partial charge in [0, 0.05) is 12.5 Å². The van der Waals surface area contributed by atoms with Gasteiger partial charge in [-0.15, -0.1) is 0 Å². The minimum Gasteiger partial charge on any atom is -0.223 e. The van der Waals surface area contributed by atoms with Crippen molar-refractivity contribution in [1.29, 1.82) is 0 Å². The summed E-state index contributed by atoms with van der Waals surface area (Å²) in [7, 11) is 0. The molecular weight excluding hydrogens is 208 g/mol. The van der Waals surface area contributed by atoms with Crippen molar-refractivity contribution in [2.75, 3.05) is 0 Å². The van der Waals surface area contributed by atoms with E-state index in [2.05, 4.69) is 21.4 Å². The average Bonchev–Trinajstić information content (AvgIpc) is 2.80. The van der Waals surface area contributed by atoms with Crippen LogP contribution in [0.25, 0.3) is 11.4 Å². The summed E-state index contributed by atoms with van der Waals surface area (Å²) in [6, 6.07) is 2.00. The second-order valence-corrected chi connectivity index (χ2v) is 3.89. The number of rotatable bonds is 4. The fourth-order valence-corrected chi connectivity index (χ4v) is 1.71. The van der Waals surface area contributed by atoms with E-state index in [9.17, 15) is 0 Å². The van der Waals surface area contributed by atoms with Crippen molar-refractivity contribution >= 4 is 11.5 Å². The van der Waals surface area contributed by atoms with Crippen LogP contribution >= 0.6 is 11.5 Å². The summed E-state index contributed by atoms with van der Waals surface area (Å²) < 4.78 is 6.10. The maximum atomic E-state index is 4.31. The fourth-order valence-electron chi connectivity index (χ4n) is 1.27. The van der Waals surface area contributed by atoms with Crippen molar-refractivity contribution in [3.8, 4) is 11.4 Å². The minimum absolute atomic E-state index is 0.759. The van der Waals surface area contributed by atoms with Crippen molar-refractivity contribution in [3.05, 3.63) is 24.0 Å². The van der Waals surface area contributed by atoms with Gasteiger partial charge in [0.15, 0.2) is 18.6 Å². The highest BCUT2D eigenvalue weighted by Crippen LogP contribution is 2.11. The smallest absolute Gasteiger partial charge is 0.197 e. The molecule has 0 fully saturated rings. The largest absolute Gasteiger partial charge is 0.223 e. The Kier molecular flexibility index (Phi) is 3.34. The summed E-state index contributed by atoms with van der Waals surface area (Å²) in [5, 5.41) is 4.31. The Bertz CT molecular complexity index is 396. The van der Waals surface area contributed by atoms with E-state index in [1.807, 2.05) is 23.1 Å². The molecule has 2 heterocycles. The van der Waals surface area contributed by atoms with Gasteiger partial charge < -0.3 is 0 Å². The Morgan fingerprint density at radius 3 is 3.00 bits per heavy atom. The highest BCUT2D eigenvalue weighted by Gasteiger charge is 2.06. The normalized spacial score (nSPS) is 10.5. The van der Waals surface area contributed by atoms with Crippen LogP contribution in [0.3, 0.4) is 0 Å². The highest BCUT2D eigenvalue weighted by molar-refractivity contribution is 7.03. The number of unbranched alkanes of at least 4 members (excludes halogenated alkanes) is 1. The zero-order valence-electron chi connectivity index (χ0n) is 8.63. The zero-order chi connectivity index (χ0) is 10.5. The van der Waals surface area contributed by atoms with Gasteiger partial charge in [-0.05, 0) is 16.6 Å². The van der Waals surface area contributed by atoms with Gasteiger partial charge >= 0.3 is 0 Å². The van der Waals surface area contributed by atoms with Crippen molar-refractivity contribution in [3.63, 3.8) is 0 Å². The van der Waals surface area contributed by atoms with Crippen LogP contribution in [0.5, 0.6) is 0 Å². The predicted molar refractivity (Wildman–Crippen MR) is 58.2 cm³/mol. The van der Waals surface area contributed by atoms with Gasteiger partial charge in [-0.2, -0.15) is 4.37 Å². The molecule has 0 amide bonds. The van der Waals surface area contributed by atoms with E-state index in [0.717, 1.165) is 24.4 Å². The van der Waals surface area contributed by atoms with Crippen molar-refractivity contribution < 1.29 is 4.68 Å². The molecule has 0 aromatic carbocycles. The molecule has 0 saturated carbocycles. The Morgan fingerprint density at radius 1 is 1.47 bits per heavy atom. The minimum atomic E-state index is 0.759. The van der Waals surface area contributed by atoms with Crippen molar-refractivity contribution in [1.82, 2.24) is 14.5 Å². The van der Waals surface area contributed by atoms with Gasteiger partial charge in [-0.1, -0.05) is 18.0 Å². The van der Waals surface area contributed by atoms with Crippen molar-refractivity contribution in [2.45, 2.75) is 26.3 Å². The molecule has 4 nitrogen and oxygen atoms in total. The lowest BCUT2D eigenvalue weighted by Gasteiger charge is -1.94. The molecule has 0 aliphatic heterocycles. The van der Waals surface area contributed by atoms with Gasteiger partial charge in [0.2, 0.25) is 0 Å². The quantitative estimate of drug-likeness (QED) is 0.738. The second-order valence-electron chi connectivity index (χ2n) is 3.29. The molecule has 0 atom stereocenters. The lowest BCUT2D eigenvalue weighted by Crippen LogP contribution is -2.37. The van der Waals surface area contributed by atoms with Crippen LogP contribution in [0.1, 0.15) is 19.8 Å². The van der Waals surface area contributed by atoms with Crippen LogP contribution in [-0.2, 0) is 6.54 Å². The van der Waals surface area contributed by atoms with Crippen LogP contribution in [0.2, 0.25) is 0 Å². The zero-order valence-corrected chi connectivity index (χ0v) is 9.44. The maximum absolute atomic E-state index is 4.31. The molecule has 0 spiro atoms. The molecule has 2 aromatic rings. The number of aryl methyl sites for hydroxylation is 1. The summed E-state index contributed by atoms with van der Waals surface area (Å²) in [6.07, 6.45) is 6.14. The molecule has 2 aromatic heterocycles. The van der Waals surface area contributed by atoms with E-state index < -0.39 is 0 Å². The van der Waals surface area contributed by atoms with Gasteiger partial charge in [-0.25, -0.2) is 4.98 Å². The molecule has 0 aliphatic rings. The SMILES string of the molecule is CCCC[n+]1ccc(-c2ncsn2)cn1. The lowest BCUT2D eigenvalue weighted by atomic mass is 10.3. The first kappa shape index (κ1) is 10.2. The number of hydrogen-bond acceptors (Lipinski definition) is 4. The van der Waals surface area contributed by atoms with E-state index in [-0.39, 0.29) is 0 Å². The lowest BCUT2D eigenvalue weighted by molar-refractivity contribution is -0.754. The molecule has 0 radical (unpaired) electrons. The molecule has 2 rings (SSSR count). The first-order chi connectivity index (χ1) is 7.40. The number of nitrogens with zero attached hydrogens (tertiary/aromatic N) is 4. The van der Waals surface area contributed by atoms with E-state index in [4.69, 9.17) is 0 Å². The third-order valence-corrected chi connectivity index (χ3v) is 2.61. The van der Waals surface area contributed by atoms with Crippen LogP contribution < -0.4 is 4.68 Å². The molecule has 78 valence electrons. The summed E-state index contributed by atoms with van der Waals surface area (Å²) in [5.41, 5.74) is 2.71. The third kappa shape index (κ3) is 2.56. The predicted octanol–water partition coefficient (Wildman–Crippen LogP) is 1.69. The Balaban J connectivity index is 2.11. The molecule has 15 heavy (non-hydrogen) atoms. The van der Waals surface area contributed by atoms with Gasteiger partial charge in [-0.3, -0.25) is 0 Å². The van der Waals surface area contributed by atoms with E-state index >= 15 is 0 Å². The number of hydrogen-bond donors (Lipinski definition) is 0. The van der Waals surface area contributed by atoms with Gasteiger partial charge in [0.05, 0.1) is 5.56 Å². The Morgan fingerprint density at radius 2 is 2.40 bits per heavy atom. The van der Waals surface area contributed by atoms with Crippen LogP contribution in [0, 0.1) is 0 Å². The summed E-state index contributed by atoms with van der Waals surface area (Å²) in [4.78, 5) is 4.14. The summed E-state index contributed by atoms with van der Waals surface area (Å²) in [6.45, 7) is 3.15.